The molecule has 3 saturated heterocycles. The number of rotatable bonds is 10. The van der Waals surface area contributed by atoms with Crippen LogP contribution in [-0.2, 0) is 42.8 Å². The predicted octanol–water partition coefficient (Wildman–Crippen LogP) is 0.990. The van der Waals surface area contributed by atoms with Crippen LogP contribution < -0.4 is 0 Å². The van der Waals surface area contributed by atoms with Crippen LogP contribution in [0.15, 0.2) is 72.3 Å². The molecule has 0 bridgehead atoms. The quantitative estimate of drug-likeness (QED) is 0.104. The number of fused-ring (bicyclic) bond motifs is 1. The third-order valence-electron chi connectivity index (χ3n) is 7.92. The van der Waals surface area contributed by atoms with Gasteiger partial charge >= 0.3 is 17.9 Å². The molecule has 256 valence electrons. The Morgan fingerprint density at radius 2 is 1.42 bits per heavy atom. The first-order chi connectivity index (χ1) is 23.0. The average Bonchev–Trinajstić information content (AvgIpc) is 3.35. The van der Waals surface area contributed by atoms with Crippen molar-refractivity contribution in [3.05, 3.63) is 83.5 Å². The lowest BCUT2D eigenvalue weighted by atomic mass is 9.92. The van der Waals surface area contributed by atoms with Gasteiger partial charge in [0.1, 0.15) is 67.3 Å². The summed E-state index contributed by atoms with van der Waals surface area (Å²) in [6.07, 6.45) is -3.29. The molecular weight excluding hydrogens is 632 g/mol. The van der Waals surface area contributed by atoms with Crippen molar-refractivity contribution in [1.29, 1.82) is 0 Å². The van der Waals surface area contributed by atoms with Gasteiger partial charge in [-0.1, -0.05) is 24.3 Å². The number of aliphatic hydroxyl groups excluding tert-OH is 3. The maximum atomic E-state index is 12.8. The number of hydrogen-bond acceptors (Lipinski definition) is 14. The van der Waals surface area contributed by atoms with Gasteiger partial charge in [-0.2, -0.15) is 0 Å². The SMILES string of the molecule is CC(=CC1OC(=O)C(C2COC3OC(COC(=O)C=Cc4ccc(O)cc4)C(O)C(O)C3O2)C1O)COC(=O)C=Cc1ccc(O)cc1. The topological polar surface area (TPSA) is 208 Å². The van der Waals surface area contributed by atoms with E-state index in [9.17, 15) is 39.9 Å². The maximum Gasteiger partial charge on any atom is 0.331 e. The molecule has 3 aliphatic heterocycles. The number of phenols is 2. The second-order valence-corrected chi connectivity index (χ2v) is 11.5. The first kappa shape index (κ1) is 34.8. The number of benzene rings is 2. The molecule has 14 heteroatoms. The predicted molar refractivity (Wildman–Crippen MR) is 165 cm³/mol. The lowest BCUT2D eigenvalue weighted by Crippen LogP contribution is -2.64. The second kappa shape index (κ2) is 15.6. The molecule has 0 aliphatic carbocycles. The lowest BCUT2D eigenvalue weighted by molar-refractivity contribution is -0.353. The van der Waals surface area contributed by atoms with Crippen LogP contribution in [0.3, 0.4) is 0 Å². The van der Waals surface area contributed by atoms with Crippen LogP contribution in [0.5, 0.6) is 11.5 Å². The van der Waals surface area contributed by atoms with Crippen LogP contribution in [0.1, 0.15) is 18.1 Å². The first-order valence-corrected chi connectivity index (χ1v) is 15.1. The summed E-state index contributed by atoms with van der Waals surface area (Å²) in [5, 5.41) is 51.1. The molecule has 0 aromatic heterocycles. The molecule has 5 N–H and O–H groups in total. The Bertz CT molecular complexity index is 1530. The molecule has 0 amide bonds. The van der Waals surface area contributed by atoms with E-state index in [2.05, 4.69) is 0 Å². The van der Waals surface area contributed by atoms with E-state index < -0.39 is 79.5 Å². The highest BCUT2D eigenvalue weighted by molar-refractivity contribution is 5.87. The molecular formula is C34H36O14. The van der Waals surface area contributed by atoms with Crippen molar-refractivity contribution in [3.63, 3.8) is 0 Å². The standard InChI is InChI=1S/C34H36O14/c1-18(15-43-26(37)12-6-19-2-8-21(35)9-3-19)14-23-29(39)28(33(42)47-23)24-16-45-34-32(46-24)31(41)30(40)25(48-34)17-44-27(38)13-7-20-4-10-22(36)11-5-20/h2-14,23-25,28-32,34-36,39-41H,15-17H2,1H3. The van der Waals surface area contributed by atoms with Crippen molar-refractivity contribution in [1.82, 2.24) is 0 Å². The van der Waals surface area contributed by atoms with Gasteiger partial charge in [0.25, 0.3) is 0 Å². The van der Waals surface area contributed by atoms with Crippen LogP contribution in [0, 0.1) is 5.92 Å². The van der Waals surface area contributed by atoms with Crippen molar-refractivity contribution in [2.75, 3.05) is 19.8 Å². The van der Waals surface area contributed by atoms with Crippen LogP contribution in [0.25, 0.3) is 12.2 Å². The highest BCUT2D eigenvalue weighted by Crippen LogP contribution is 2.35. The van der Waals surface area contributed by atoms with Gasteiger partial charge in [0.15, 0.2) is 6.29 Å². The number of carbonyl (C=O) groups excluding carboxylic acids is 3. The molecule has 0 spiro atoms. The van der Waals surface area contributed by atoms with Gasteiger partial charge in [-0.15, -0.1) is 0 Å². The van der Waals surface area contributed by atoms with E-state index in [4.69, 9.17) is 28.4 Å². The number of hydrogen-bond donors (Lipinski definition) is 5. The monoisotopic (exact) mass is 668 g/mol. The normalized spacial score (nSPS) is 30.6. The zero-order chi connectivity index (χ0) is 34.4. The van der Waals surface area contributed by atoms with Gasteiger partial charge in [0.2, 0.25) is 0 Å². The van der Waals surface area contributed by atoms with Crippen molar-refractivity contribution >= 4 is 30.1 Å². The number of cyclic esters (lactones) is 1. The van der Waals surface area contributed by atoms with Crippen LogP contribution in [0.4, 0.5) is 0 Å². The Kier molecular flexibility index (Phi) is 11.3. The van der Waals surface area contributed by atoms with Crippen LogP contribution >= 0.6 is 0 Å². The molecule has 3 fully saturated rings. The first-order valence-electron chi connectivity index (χ1n) is 15.1. The summed E-state index contributed by atoms with van der Waals surface area (Å²) in [5.74, 6) is -3.14. The summed E-state index contributed by atoms with van der Waals surface area (Å²) in [5.41, 5.74) is 1.83. The summed E-state index contributed by atoms with van der Waals surface area (Å²) in [6.45, 7) is 0.872. The van der Waals surface area contributed by atoms with Crippen molar-refractivity contribution < 1.29 is 68.3 Å². The van der Waals surface area contributed by atoms with Gasteiger partial charge in [0.05, 0.1) is 12.7 Å². The molecule has 0 saturated carbocycles. The largest absolute Gasteiger partial charge is 0.508 e. The highest BCUT2D eigenvalue weighted by atomic mass is 16.7. The molecule has 3 heterocycles. The lowest BCUT2D eigenvalue weighted by Gasteiger charge is -2.46. The Balaban J connectivity index is 1.10. The average molecular weight is 669 g/mol. The summed E-state index contributed by atoms with van der Waals surface area (Å²) in [6, 6.07) is 12.3. The van der Waals surface area contributed by atoms with E-state index in [1.165, 1.54) is 48.6 Å². The molecule has 0 radical (unpaired) electrons. The molecule has 9 atom stereocenters. The minimum Gasteiger partial charge on any atom is -0.508 e. The number of carbonyl (C=O) groups is 3. The third kappa shape index (κ3) is 8.66. The maximum absolute atomic E-state index is 12.8. The minimum atomic E-state index is -1.55. The van der Waals surface area contributed by atoms with Crippen LogP contribution in [0.2, 0.25) is 0 Å². The molecule has 14 nitrogen and oxygen atoms in total. The van der Waals surface area contributed by atoms with E-state index in [0.29, 0.717) is 16.7 Å². The Labute approximate surface area is 275 Å². The summed E-state index contributed by atoms with van der Waals surface area (Å²) >= 11 is 0. The second-order valence-electron chi connectivity index (χ2n) is 11.5. The fraction of sp³-hybridized carbons (Fsp3) is 0.382. The number of aromatic hydroxyl groups is 2. The molecule has 2 aromatic rings. The Morgan fingerprint density at radius 1 is 0.833 bits per heavy atom. The van der Waals surface area contributed by atoms with E-state index in [1.807, 2.05) is 0 Å². The van der Waals surface area contributed by atoms with E-state index in [1.54, 1.807) is 31.2 Å². The van der Waals surface area contributed by atoms with E-state index in [-0.39, 0.29) is 24.7 Å². The fourth-order valence-electron chi connectivity index (χ4n) is 5.35. The summed E-state index contributed by atoms with van der Waals surface area (Å²) in [4.78, 5) is 37.1. The van der Waals surface area contributed by atoms with Gasteiger partial charge in [-0.3, -0.25) is 4.79 Å². The number of aliphatic hydroxyl groups is 3. The Morgan fingerprint density at radius 3 is 2.02 bits per heavy atom. The smallest absolute Gasteiger partial charge is 0.331 e. The summed E-state index contributed by atoms with van der Waals surface area (Å²) < 4.78 is 33.0. The fourth-order valence-corrected chi connectivity index (χ4v) is 5.35. The summed E-state index contributed by atoms with van der Waals surface area (Å²) in [7, 11) is 0. The van der Waals surface area contributed by atoms with Crippen molar-refractivity contribution in [3.8, 4) is 11.5 Å². The molecule has 5 rings (SSSR count). The minimum absolute atomic E-state index is 0.0800. The van der Waals surface area contributed by atoms with Gasteiger partial charge in [0, 0.05) is 12.2 Å². The van der Waals surface area contributed by atoms with Gasteiger partial charge in [-0.05, 0) is 66.1 Å². The van der Waals surface area contributed by atoms with E-state index >= 15 is 0 Å². The molecule has 48 heavy (non-hydrogen) atoms. The molecule has 2 aromatic carbocycles. The number of phenolic OH excluding ortho intramolecular Hbond substituents is 2. The highest BCUT2D eigenvalue weighted by Gasteiger charge is 2.54. The number of ether oxygens (including phenoxy) is 6. The number of esters is 3. The third-order valence-corrected chi connectivity index (χ3v) is 7.92. The van der Waals surface area contributed by atoms with Crippen molar-refractivity contribution in [2.24, 2.45) is 5.92 Å². The zero-order valence-electron chi connectivity index (χ0n) is 25.7. The molecule has 9 unspecified atom stereocenters. The zero-order valence-corrected chi connectivity index (χ0v) is 25.7. The van der Waals surface area contributed by atoms with E-state index in [0.717, 1.165) is 6.08 Å². The van der Waals surface area contributed by atoms with Crippen molar-refractivity contribution in [2.45, 2.75) is 55.9 Å². The van der Waals surface area contributed by atoms with Gasteiger partial charge in [-0.25, -0.2) is 9.59 Å². The Hall–Kier alpha value is -4.57. The molecule has 3 aliphatic rings. The van der Waals surface area contributed by atoms with Gasteiger partial charge < -0.3 is 54.0 Å². The van der Waals surface area contributed by atoms with Crippen LogP contribution in [-0.4, -0.2) is 112 Å².